The molecule has 2 aromatic carbocycles. The zero-order valence-electron chi connectivity index (χ0n) is 11.8. The van der Waals surface area contributed by atoms with E-state index in [9.17, 15) is 4.79 Å². The number of hydrogen-bond donors (Lipinski definition) is 0. The second kappa shape index (κ2) is 4.67. The van der Waals surface area contributed by atoms with E-state index in [2.05, 4.69) is 0 Å². The minimum Gasteiger partial charge on any atom is -0.496 e. The van der Waals surface area contributed by atoms with Gasteiger partial charge in [-0.3, -0.25) is 4.79 Å². The van der Waals surface area contributed by atoms with Crippen molar-refractivity contribution < 1.29 is 14.3 Å². The molecule has 0 aromatic heterocycles. The van der Waals surface area contributed by atoms with E-state index in [1.807, 2.05) is 50.2 Å². The molecule has 0 saturated carbocycles. The van der Waals surface area contributed by atoms with E-state index in [4.69, 9.17) is 9.47 Å². The van der Waals surface area contributed by atoms with Gasteiger partial charge in [-0.25, -0.2) is 0 Å². The maximum absolute atomic E-state index is 12.2. The second-order valence-electron chi connectivity index (χ2n) is 5.14. The van der Waals surface area contributed by atoms with Crippen molar-refractivity contribution in [1.29, 1.82) is 0 Å². The summed E-state index contributed by atoms with van der Waals surface area (Å²) in [4.78, 5) is 12.2. The number of fused-ring (bicyclic) bond motifs is 1. The van der Waals surface area contributed by atoms with Gasteiger partial charge in [0.1, 0.15) is 17.4 Å². The number of carbonyl (C=O) groups excluding carboxylic acids is 1. The molecule has 1 aliphatic rings. The molecule has 1 heterocycles. The maximum atomic E-state index is 12.2. The normalized spacial score (nSPS) is 16.8. The molecule has 1 unspecified atom stereocenters. The lowest BCUT2D eigenvalue weighted by Gasteiger charge is -2.14. The monoisotopic (exact) mass is 268 g/mol. The third-order valence-electron chi connectivity index (χ3n) is 3.62. The van der Waals surface area contributed by atoms with Crippen molar-refractivity contribution >= 4 is 5.97 Å². The number of benzene rings is 2. The fourth-order valence-electron chi connectivity index (χ4n) is 2.65. The lowest BCUT2D eigenvalue weighted by atomic mass is 9.90. The lowest BCUT2D eigenvalue weighted by molar-refractivity contribution is -0.133. The van der Waals surface area contributed by atoms with Crippen molar-refractivity contribution in [1.82, 2.24) is 0 Å². The Bertz CT molecular complexity index is 689. The number of aryl methyl sites for hydroxylation is 2. The van der Waals surface area contributed by atoms with Crippen LogP contribution in [0.3, 0.4) is 0 Å². The fourth-order valence-corrected chi connectivity index (χ4v) is 2.65. The molecule has 0 bridgehead atoms. The van der Waals surface area contributed by atoms with Crippen LogP contribution in [-0.2, 0) is 4.79 Å². The van der Waals surface area contributed by atoms with Gasteiger partial charge in [-0.05, 0) is 26.0 Å². The highest BCUT2D eigenvalue weighted by Gasteiger charge is 2.36. The molecule has 2 aromatic rings. The predicted octanol–water partition coefficient (Wildman–Crippen LogP) is 3.36. The summed E-state index contributed by atoms with van der Waals surface area (Å²) in [5.74, 6) is 0.718. The summed E-state index contributed by atoms with van der Waals surface area (Å²) in [6.07, 6.45) is 0. The smallest absolute Gasteiger partial charge is 0.323 e. The SMILES string of the molecule is COc1ccc(C)cc1C1C(=O)Oc2ccc(C)cc21. The molecule has 3 nitrogen and oxygen atoms in total. The molecule has 0 spiro atoms. The predicted molar refractivity (Wildman–Crippen MR) is 76.4 cm³/mol. The summed E-state index contributed by atoms with van der Waals surface area (Å²) in [5.41, 5.74) is 3.98. The summed E-state index contributed by atoms with van der Waals surface area (Å²) in [5, 5.41) is 0. The summed E-state index contributed by atoms with van der Waals surface area (Å²) >= 11 is 0. The molecule has 3 heteroatoms. The van der Waals surface area contributed by atoms with Crippen LogP contribution in [0.2, 0.25) is 0 Å². The molecule has 102 valence electrons. The maximum Gasteiger partial charge on any atom is 0.323 e. The third kappa shape index (κ3) is 1.95. The van der Waals surface area contributed by atoms with Gasteiger partial charge in [0, 0.05) is 11.1 Å². The number of methoxy groups -OCH3 is 1. The molecule has 20 heavy (non-hydrogen) atoms. The Kier molecular flexibility index (Phi) is 2.97. The van der Waals surface area contributed by atoms with Crippen LogP contribution in [0.1, 0.15) is 28.2 Å². The summed E-state index contributed by atoms with van der Waals surface area (Å²) in [7, 11) is 1.62. The van der Waals surface area contributed by atoms with Crippen LogP contribution in [-0.4, -0.2) is 13.1 Å². The molecule has 0 amide bonds. The van der Waals surface area contributed by atoms with E-state index in [1.54, 1.807) is 7.11 Å². The minimum absolute atomic E-state index is 0.241. The van der Waals surface area contributed by atoms with Crippen molar-refractivity contribution in [3.05, 3.63) is 58.7 Å². The Morgan fingerprint density at radius 2 is 1.65 bits per heavy atom. The van der Waals surface area contributed by atoms with Gasteiger partial charge in [0.15, 0.2) is 0 Å². The van der Waals surface area contributed by atoms with Gasteiger partial charge in [-0.2, -0.15) is 0 Å². The molecule has 1 aliphatic heterocycles. The first-order chi connectivity index (χ1) is 9.60. The lowest BCUT2D eigenvalue weighted by Crippen LogP contribution is -2.12. The number of hydrogen-bond acceptors (Lipinski definition) is 3. The van der Waals surface area contributed by atoms with Crippen LogP contribution in [0, 0.1) is 13.8 Å². The first-order valence-electron chi connectivity index (χ1n) is 6.57. The molecule has 1 atom stereocenters. The molecular formula is C17H16O3. The molecule has 0 radical (unpaired) electrons. The van der Waals surface area contributed by atoms with E-state index in [1.165, 1.54) is 0 Å². The Morgan fingerprint density at radius 3 is 2.35 bits per heavy atom. The van der Waals surface area contributed by atoms with E-state index < -0.39 is 5.92 Å². The third-order valence-corrected chi connectivity index (χ3v) is 3.62. The number of carbonyl (C=O) groups is 1. The van der Waals surface area contributed by atoms with Crippen LogP contribution in [0.15, 0.2) is 36.4 Å². The molecule has 0 N–H and O–H groups in total. The average molecular weight is 268 g/mol. The van der Waals surface area contributed by atoms with E-state index in [-0.39, 0.29) is 5.97 Å². The van der Waals surface area contributed by atoms with E-state index in [0.29, 0.717) is 11.5 Å². The van der Waals surface area contributed by atoms with Crippen LogP contribution in [0.5, 0.6) is 11.5 Å². The van der Waals surface area contributed by atoms with Crippen LogP contribution < -0.4 is 9.47 Å². The topological polar surface area (TPSA) is 35.5 Å². The zero-order valence-corrected chi connectivity index (χ0v) is 11.8. The van der Waals surface area contributed by atoms with Gasteiger partial charge >= 0.3 is 5.97 Å². The Labute approximate surface area is 118 Å². The Morgan fingerprint density at radius 1 is 1.00 bits per heavy atom. The van der Waals surface area contributed by atoms with Gasteiger partial charge in [-0.15, -0.1) is 0 Å². The Hall–Kier alpha value is -2.29. The number of rotatable bonds is 2. The minimum atomic E-state index is -0.403. The quantitative estimate of drug-likeness (QED) is 0.619. The van der Waals surface area contributed by atoms with Crippen molar-refractivity contribution in [2.24, 2.45) is 0 Å². The molecule has 0 saturated heterocycles. The second-order valence-corrected chi connectivity index (χ2v) is 5.14. The standard InChI is InChI=1S/C17H16O3/c1-10-4-6-14(19-3)12(8-10)16-13-9-11(2)5-7-15(13)20-17(16)18/h4-9,16H,1-3H3. The van der Waals surface area contributed by atoms with Crippen LogP contribution in [0.4, 0.5) is 0 Å². The largest absolute Gasteiger partial charge is 0.496 e. The van der Waals surface area contributed by atoms with Crippen molar-refractivity contribution in [3.8, 4) is 11.5 Å². The summed E-state index contributed by atoms with van der Waals surface area (Å²) < 4.78 is 10.8. The zero-order chi connectivity index (χ0) is 14.3. The van der Waals surface area contributed by atoms with Gasteiger partial charge in [0.2, 0.25) is 0 Å². The Balaban J connectivity index is 2.18. The van der Waals surface area contributed by atoms with Crippen molar-refractivity contribution in [2.45, 2.75) is 19.8 Å². The first-order valence-corrected chi connectivity index (χ1v) is 6.57. The van der Waals surface area contributed by atoms with Crippen LogP contribution in [0.25, 0.3) is 0 Å². The molecule has 0 fully saturated rings. The van der Waals surface area contributed by atoms with Gasteiger partial charge in [0.25, 0.3) is 0 Å². The molecule has 3 rings (SSSR count). The van der Waals surface area contributed by atoms with Gasteiger partial charge < -0.3 is 9.47 Å². The highest BCUT2D eigenvalue weighted by atomic mass is 16.5. The van der Waals surface area contributed by atoms with Gasteiger partial charge in [-0.1, -0.05) is 35.4 Å². The average Bonchev–Trinajstić information content (AvgIpc) is 2.74. The number of esters is 1. The first kappa shape index (κ1) is 12.7. The fraction of sp³-hybridized carbons (Fsp3) is 0.235. The molecular weight excluding hydrogens is 252 g/mol. The van der Waals surface area contributed by atoms with Gasteiger partial charge in [0.05, 0.1) is 7.11 Å². The van der Waals surface area contributed by atoms with E-state index >= 15 is 0 Å². The van der Waals surface area contributed by atoms with E-state index in [0.717, 1.165) is 22.3 Å². The van der Waals surface area contributed by atoms with Crippen LogP contribution >= 0.6 is 0 Å². The highest BCUT2D eigenvalue weighted by molar-refractivity contribution is 5.90. The van der Waals surface area contributed by atoms with Crippen molar-refractivity contribution in [2.75, 3.05) is 7.11 Å². The molecule has 0 aliphatic carbocycles. The number of ether oxygens (including phenoxy) is 2. The highest BCUT2D eigenvalue weighted by Crippen LogP contribution is 2.42. The van der Waals surface area contributed by atoms with Crippen molar-refractivity contribution in [3.63, 3.8) is 0 Å². The summed E-state index contributed by atoms with van der Waals surface area (Å²) in [6.45, 7) is 4.01. The summed E-state index contributed by atoms with van der Waals surface area (Å²) in [6, 6.07) is 11.7.